The molecular formula is C19H23IN4OS. The van der Waals surface area contributed by atoms with Gasteiger partial charge in [0, 0.05) is 30.1 Å². The first-order valence-corrected chi connectivity index (χ1v) is 9.56. The van der Waals surface area contributed by atoms with E-state index in [0.717, 1.165) is 31.0 Å². The van der Waals surface area contributed by atoms with Gasteiger partial charge in [-0.3, -0.25) is 9.79 Å². The second kappa shape index (κ2) is 8.39. The van der Waals surface area contributed by atoms with Crippen molar-refractivity contribution in [1.29, 1.82) is 0 Å². The quantitative estimate of drug-likeness (QED) is 0.521. The van der Waals surface area contributed by atoms with Gasteiger partial charge in [0.25, 0.3) is 5.91 Å². The molecule has 138 valence electrons. The molecule has 0 spiro atoms. The average molecular weight is 482 g/mol. The van der Waals surface area contributed by atoms with E-state index in [4.69, 9.17) is 0 Å². The maximum atomic E-state index is 12.2. The van der Waals surface area contributed by atoms with Crippen molar-refractivity contribution in [2.24, 2.45) is 4.99 Å². The number of guanidine groups is 1. The molecule has 0 saturated heterocycles. The normalized spacial score (nSPS) is 17.7. The van der Waals surface area contributed by atoms with Crippen molar-refractivity contribution < 1.29 is 4.79 Å². The van der Waals surface area contributed by atoms with Crippen LogP contribution in [0.4, 0.5) is 0 Å². The molecule has 2 aliphatic rings. The third-order valence-corrected chi connectivity index (χ3v) is 5.75. The largest absolute Gasteiger partial charge is 0.354 e. The number of amides is 1. The fraction of sp³-hybridized carbons (Fsp3) is 0.368. The van der Waals surface area contributed by atoms with E-state index in [1.807, 2.05) is 42.5 Å². The SMILES string of the molecule is Cc1cccc(C(=O)NCCNC2=NCC3c4ccsc4CCN23)c1.I. The van der Waals surface area contributed by atoms with Crippen LogP contribution in [0.15, 0.2) is 40.7 Å². The van der Waals surface area contributed by atoms with Crippen LogP contribution in [0, 0.1) is 6.92 Å². The predicted molar refractivity (Wildman–Crippen MR) is 117 cm³/mol. The Kier molecular flexibility index (Phi) is 6.18. The van der Waals surface area contributed by atoms with Crippen LogP contribution in [0.2, 0.25) is 0 Å². The first-order chi connectivity index (χ1) is 12.2. The summed E-state index contributed by atoms with van der Waals surface area (Å²) in [6.45, 7) is 5.08. The number of rotatable bonds is 4. The molecule has 5 nitrogen and oxygen atoms in total. The van der Waals surface area contributed by atoms with Gasteiger partial charge in [0.2, 0.25) is 0 Å². The lowest BCUT2D eigenvalue weighted by molar-refractivity contribution is 0.0954. The number of benzene rings is 1. The minimum atomic E-state index is -0.0300. The molecule has 1 aromatic carbocycles. The number of halogens is 1. The van der Waals surface area contributed by atoms with Crippen molar-refractivity contribution in [3.8, 4) is 0 Å². The summed E-state index contributed by atoms with van der Waals surface area (Å²) in [6, 6.07) is 10.3. The van der Waals surface area contributed by atoms with E-state index in [9.17, 15) is 4.79 Å². The lowest BCUT2D eigenvalue weighted by Crippen LogP contribution is -2.45. The number of carbonyl (C=O) groups is 1. The molecule has 0 bridgehead atoms. The molecule has 2 aliphatic heterocycles. The summed E-state index contributed by atoms with van der Waals surface area (Å²) in [5, 5.41) is 8.53. The first kappa shape index (κ1) is 19.2. The number of hydrogen-bond acceptors (Lipinski definition) is 5. The van der Waals surface area contributed by atoms with Crippen molar-refractivity contribution in [1.82, 2.24) is 15.5 Å². The molecule has 1 amide bonds. The van der Waals surface area contributed by atoms with Crippen LogP contribution in [0.25, 0.3) is 0 Å². The van der Waals surface area contributed by atoms with Gasteiger partial charge < -0.3 is 15.5 Å². The Morgan fingerprint density at radius 3 is 3.08 bits per heavy atom. The van der Waals surface area contributed by atoms with Crippen molar-refractivity contribution in [3.05, 3.63) is 57.3 Å². The van der Waals surface area contributed by atoms with Crippen LogP contribution in [0.1, 0.15) is 32.4 Å². The van der Waals surface area contributed by atoms with E-state index in [1.165, 1.54) is 10.4 Å². The van der Waals surface area contributed by atoms with Crippen molar-refractivity contribution in [3.63, 3.8) is 0 Å². The van der Waals surface area contributed by atoms with Gasteiger partial charge in [-0.05, 0) is 42.5 Å². The van der Waals surface area contributed by atoms with Gasteiger partial charge in [0.05, 0.1) is 12.6 Å². The standard InChI is InChI=1S/C19H22N4OS.HI/c1-13-3-2-4-14(11-13)18(24)20-7-8-21-19-22-12-16-15-6-10-25-17(15)5-9-23(16)19;/h2-4,6,10-11,16H,5,7-9,12H2,1H3,(H,20,24)(H,21,22);1H. The summed E-state index contributed by atoms with van der Waals surface area (Å²) in [4.78, 5) is 20.7. The third kappa shape index (κ3) is 3.88. The molecule has 2 N–H and O–H groups in total. The van der Waals surface area contributed by atoms with E-state index >= 15 is 0 Å². The first-order valence-electron chi connectivity index (χ1n) is 8.68. The third-order valence-electron chi connectivity index (χ3n) is 4.75. The molecule has 3 heterocycles. The molecule has 0 saturated carbocycles. The zero-order valence-corrected chi connectivity index (χ0v) is 17.8. The Bertz CT molecular complexity index is 819. The predicted octanol–water partition coefficient (Wildman–Crippen LogP) is 2.96. The van der Waals surface area contributed by atoms with E-state index < -0.39 is 0 Å². The zero-order valence-electron chi connectivity index (χ0n) is 14.7. The summed E-state index contributed by atoms with van der Waals surface area (Å²) < 4.78 is 0. The van der Waals surface area contributed by atoms with Crippen molar-refractivity contribution in [2.75, 3.05) is 26.2 Å². The lowest BCUT2D eigenvalue weighted by atomic mass is 10.0. The zero-order chi connectivity index (χ0) is 17.2. The van der Waals surface area contributed by atoms with E-state index in [1.54, 1.807) is 0 Å². The maximum absolute atomic E-state index is 12.2. The van der Waals surface area contributed by atoms with Gasteiger partial charge in [0.1, 0.15) is 0 Å². The lowest BCUT2D eigenvalue weighted by Gasteiger charge is -2.32. The minimum Gasteiger partial charge on any atom is -0.354 e. The molecule has 7 heteroatoms. The van der Waals surface area contributed by atoms with Gasteiger partial charge in [-0.2, -0.15) is 0 Å². The highest BCUT2D eigenvalue weighted by atomic mass is 127. The summed E-state index contributed by atoms with van der Waals surface area (Å²) in [6.07, 6.45) is 1.09. The number of hydrogen-bond donors (Lipinski definition) is 2. The number of aryl methyl sites for hydroxylation is 1. The van der Waals surface area contributed by atoms with Gasteiger partial charge >= 0.3 is 0 Å². The number of thiophene rings is 1. The van der Waals surface area contributed by atoms with Crippen LogP contribution in [0.5, 0.6) is 0 Å². The van der Waals surface area contributed by atoms with E-state index in [2.05, 4.69) is 32.0 Å². The summed E-state index contributed by atoms with van der Waals surface area (Å²) >= 11 is 1.85. The highest BCUT2D eigenvalue weighted by Crippen LogP contribution is 2.35. The molecule has 0 fully saturated rings. The van der Waals surface area contributed by atoms with Gasteiger partial charge in [0.15, 0.2) is 5.96 Å². The number of nitrogens with one attached hydrogen (secondary N) is 2. The molecule has 0 radical (unpaired) electrons. The summed E-state index contributed by atoms with van der Waals surface area (Å²) in [7, 11) is 0. The second-order valence-electron chi connectivity index (χ2n) is 6.47. The Labute approximate surface area is 174 Å². The van der Waals surface area contributed by atoms with Crippen molar-refractivity contribution in [2.45, 2.75) is 19.4 Å². The van der Waals surface area contributed by atoms with Crippen LogP contribution in [-0.2, 0) is 6.42 Å². The number of carbonyl (C=O) groups excluding carboxylic acids is 1. The fourth-order valence-corrected chi connectivity index (χ4v) is 4.43. The summed E-state index contributed by atoms with van der Waals surface area (Å²) in [5.74, 6) is 0.935. The number of aliphatic imine (C=N–C) groups is 1. The summed E-state index contributed by atoms with van der Waals surface area (Å²) in [5.41, 5.74) is 3.24. The topological polar surface area (TPSA) is 56.7 Å². The Balaban J connectivity index is 0.00000196. The monoisotopic (exact) mass is 482 g/mol. The highest BCUT2D eigenvalue weighted by molar-refractivity contribution is 14.0. The van der Waals surface area contributed by atoms with Gasteiger partial charge in [-0.25, -0.2) is 0 Å². The molecule has 26 heavy (non-hydrogen) atoms. The van der Waals surface area contributed by atoms with E-state index in [0.29, 0.717) is 24.7 Å². The Morgan fingerprint density at radius 2 is 2.23 bits per heavy atom. The molecule has 1 aromatic heterocycles. The molecule has 0 aliphatic carbocycles. The van der Waals surface area contributed by atoms with Crippen molar-refractivity contribution >= 4 is 47.2 Å². The smallest absolute Gasteiger partial charge is 0.251 e. The Morgan fingerprint density at radius 1 is 1.35 bits per heavy atom. The van der Waals surface area contributed by atoms with Gasteiger partial charge in [-0.1, -0.05) is 17.7 Å². The highest BCUT2D eigenvalue weighted by Gasteiger charge is 2.33. The number of fused-ring (bicyclic) bond motifs is 3. The molecule has 2 aromatic rings. The molecule has 4 rings (SSSR count). The molecular weight excluding hydrogens is 459 g/mol. The van der Waals surface area contributed by atoms with Crippen LogP contribution < -0.4 is 10.6 Å². The van der Waals surface area contributed by atoms with Crippen LogP contribution >= 0.6 is 35.3 Å². The second-order valence-corrected chi connectivity index (χ2v) is 7.48. The molecule has 1 unspecified atom stereocenters. The van der Waals surface area contributed by atoms with Crippen LogP contribution in [0.3, 0.4) is 0 Å². The fourth-order valence-electron chi connectivity index (χ4n) is 3.51. The van der Waals surface area contributed by atoms with E-state index in [-0.39, 0.29) is 29.9 Å². The minimum absolute atomic E-state index is 0. The molecule has 1 atom stereocenters. The Hall–Kier alpha value is -1.61. The van der Waals surface area contributed by atoms with Gasteiger partial charge in [-0.15, -0.1) is 35.3 Å². The maximum Gasteiger partial charge on any atom is 0.251 e. The van der Waals surface area contributed by atoms with Crippen LogP contribution in [-0.4, -0.2) is 42.9 Å². The average Bonchev–Trinajstić information content (AvgIpc) is 3.24. The number of nitrogens with zero attached hydrogens (tertiary/aromatic N) is 2.